The average Bonchev–Trinajstić information content (AvgIpc) is 2.19. The van der Waals surface area contributed by atoms with Crippen molar-refractivity contribution in [3.05, 3.63) is 24.0 Å². The van der Waals surface area contributed by atoms with Crippen LogP contribution < -0.4 is 10.5 Å². The zero-order chi connectivity index (χ0) is 9.52. The molecule has 0 saturated heterocycles. The first-order chi connectivity index (χ1) is 6.36. The van der Waals surface area contributed by atoms with Crippen molar-refractivity contribution < 1.29 is 4.74 Å². The second-order valence-electron chi connectivity index (χ2n) is 2.40. The van der Waals surface area contributed by atoms with Gasteiger partial charge >= 0.3 is 0 Å². The van der Waals surface area contributed by atoms with Crippen molar-refractivity contribution in [2.24, 2.45) is 5.73 Å². The summed E-state index contributed by atoms with van der Waals surface area (Å²) in [5, 5.41) is 0. The summed E-state index contributed by atoms with van der Waals surface area (Å²) in [6.45, 7) is 2.63. The van der Waals surface area contributed by atoms with Gasteiger partial charge in [0, 0.05) is 6.54 Å². The molecule has 0 amide bonds. The monoisotopic (exact) mass is 176 g/mol. The van der Waals surface area contributed by atoms with Gasteiger partial charge in [-0.05, 0) is 19.1 Å². The number of aromatic nitrogens is 1. The van der Waals surface area contributed by atoms with Crippen molar-refractivity contribution in [3.8, 4) is 17.6 Å². The predicted molar refractivity (Wildman–Crippen MR) is 51.1 cm³/mol. The Bertz CT molecular complexity index is 308. The maximum atomic E-state index is 5.40. The molecule has 0 aromatic carbocycles. The minimum absolute atomic E-state index is 0.403. The van der Waals surface area contributed by atoms with Crippen LogP contribution in [0.4, 0.5) is 0 Å². The van der Waals surface area contributed by atoms with Gasteiger partial charge in [0.05, 0.1) is 11.9 Å². The smallest absolute Gasteiger partial charge is 0.149 e. The number of hydrogen-bond donors (Lipinski definition) is 1. The molecule has 0 aliphatic heterocycles. The minimum atomic E-state index is 0.403. The molecule has 0 aliphatic rings. The molecule has 0 aliphatic carbocycles. The molecule has 0 radical (unpaired) electrons. The first-order valence-corrected chi connectivity index (χ1v) is 4.04. The van der Waals surface area contributed by atoms with E-state index in [9.17, 15) is 0 Å². The molecule has 0 fully saturated rings. The van der Waals surface area contributed by atoms with Gasteiger partial charge in [-0.2, -0.15) is 0 Å². The number of pyridine rings is 1. The SMILES string of the molecule is CC#CCOc1ccc(CN)nc1. The highest BCUT2D eigenvalue weighted by Crippen LogP contribution is 2.07. The van der Waals surface area contributed by atoms with Gasteiger partial charge in [-0.15, -0.1) is 5.92 Å². The minimum Gasteiger partial charge on any atom is -0.479 e. The first-order valence-electron chi connectivity index (χ1n) is 4.04. The van der Waals surface area contributed by atoms with Crippen LogP contribution in [0.1, 0.15) is 12.6 Å². The lowest BCUT2D eigenvalue weighted by Crippen LogP contribution is -2.00. The molecule has 2 N–H and O–H groups in total. The van der Waals surface area contributed by atoms with Crippen LogP contribution in [0.3, 0.4) is 0 Å². The average molecular weight is 176 g/mol. The molecule has 0 unspecified atom stereocenters. The van der Waals surface area contributed by atoms with Crippen LogP contribution in [0, 0.1) is 11.8 Å². The van der Waals surface area contributed by atoms with Gasteiger partial charge in [0.2, 0.25) is 0 Å². The Balaban J connectivity index is 2.52. The number of nitrogens with zero attached hydrogens (tertiary/aromatic N) is 1. The maximum Gasteiger partial charge on any atom is 0.149 e. The molecule has 0 bridgehead atoms. The Morgan fingerprint density at radius 3 is 2.92 bits per heavy atom. The van der Waals surface area contributed by atoms with Crippen LogP contribution in [-0.4, -0.2) is 11.6 Å². The van der Waals surface area contributed by atoms with E-state index in [1.54, 1.807) is 13.1 Å². The van der Waals surface area contributed by atoms with E-state index in [4.69, 9.17) is 10.5 Å². The van der Waals surface area contributed by atoms with Crippen molar-refractivity contribution in [1.82, 2.24) is 4.98 Å². The van der Waals surface area contributed by atoms with Gasteiger partial charge in [0.1, 0.15) is 12.4 Å². The fraction of sp³-hybridized carbons (Fsp3) is 0.300. The largest absolute Gasteiger partial charge is 0.479 e. The highest BCUT2D eigenvalue weighted by molar-refractivity contribution is 5.20. The highest BCUT2D eigenvalue weighted by Gasteiger charge is 1.93. The summed E-state index contributed by atoms with van der Waals surface area (Å²) in [6, 6.07) is 3.68. The van der Waals surface area contributed by atoms with E-state index < -0.39 is 0 Å². The lowest BCUT2D eigenvalue weighted by Gasteiger charge is -2.01. The molecule has 1 rings (SSSR count). The summed E-state index contributed by atoms with van der Waals surface area (Å²) in [5.74, 6) is 6.27. The van der Waals surface area contributed by atoms with Crippen molar-refractivity contribution >= 4 is 0 Å². The standard InChI is InChI=1S/C10H12N2O/c1-2-3-6-13-10-5-4-9(7-11)12-8-10/h4-5,8H,6-7,11H2,1H3. The van der Waals surface area contributed by atoms with Gasteiger partial charge < -0.3 is 10.5 Å². The fourth-order valence-electron chi connectivity index (χ4n) is 0.809. The molecule has 1 aromatic rings. The topological polar surface area (TPSA) is 48.1 Å². The number of hydrogen-bond acceptors (Lipinski definition) is 3. The third kappa shape index (κ3) is 3.14. The van der Waals surface area contributed by atoms with Crippen LogP contribution in [0.15, 0.2) is 18.3 Å². The summed E-state index contributed by atoms with van der Waals surface area (Å²) in [7, 11) is 0. The van der Waals surface area contributed by atoms with Crippen molar-refractivity contribution in [1.29, 1.82) is 0 Å². The first kappa shape index (κ1) is 9.56. The van der Waals surface area contributed by atoms with E-state index >= 15 is 0 Å². The number of nitrogens with two attached hydrogens (primary N) is 1. The second-order valence-corrected chi connectivity index (χ2v) is 2.40. The van der Waals surface area contributed by atoms with E-state index in [0.29, 0.717) is 13.2 Å². The molecule has 3 nitrogen and oxygen atoms in total. The molecule has 13 heavy (non-hydrogen) atoms. The fourth-order valence-corrected chi connectivity index (χ4v) is 0.809. The summed E-state index contributed by atoms with van der Waals surface area (Å²) in [6.07, 6.45) is 1.65. The van der Waals surface area contributed by atoms with E-state index in [1.807, 2.05) is 12.1 Å². The molecular formula is C10H12N2O. The molecule has 1 aromatic heterocycles. The molecule has 0 atom stereocenters. The normalized spacial score (nSPS) is 8.77. The van der Waals surface area contributed by atoms with Crippen LogP contribution in [0.2, 0.25) is 0 Å². The third-order valence-electron chi connectivity index (χ3n) is 1.49. The van der Waals surface area contributed by atoms with Crippen LogP contribution in [-0.2, 0) is 6.54 Å². The molecule has 3 heteroatoms. The Kier molecular flexibility index (Phi) is 3.80. The molecular weight excluding hydrogens is 164 g/mol. The van der Waals surface area contributed by atoms with E-state index in [2.05, 4.69) is 16.8 Å². The van der Waals surface area contributed by atoms with E-state index in [0.717, 1.165) is 11.4 Å². The van der Waals surface area contributed by atoms with Gasteiger partial charge in [0.25, 0.3) is 0 Å². The van der Waals surface area contributed by atoms with Crippen LogP contribution in [0.5, 0.6) is 5.75 Å². The Morgan fingerprint density at radius 1 is 1.54 bits per heavy atom. The highest BCUT2D eigenvalue weighted by atomic mass is 16.5. The van der Waals surface area contributed by atoms with Crippen LogP contribution >= 0.6 is 0 Å². The summed E-state index contributed by atoms with van der Waals surface area (Å²) in [5.41, 5.74) is 6.25. The Morgan fingerprint density at radius 2 is 2.38 bits per heavy atom. The van der Waals surface area contributed by atoms with Gasteiger partial charge in [-0.25, -0.2) is 0 Å². The summed E-state index contributed by atoms with van der Waals surface area (Å²) < 4.78 is 5.27. The van der Waals surface area contributed by atoms with Gasteiger partial charge in [-0.1, -0.05) is 5.92 Å². The maximum absolute atomic E-state index is 5.40. The lowest BCUT2D eigenvalue weighted by atomic mass is 10.3. The Labute approximate surface area is 77.9 Å². The van der Waals surface area contributed by atoms with Gasteiger partial charge in [0.15, 0.2) is 0 Å². The molecule has 0 spiro atoms. The van der Waals surface area contributed by atoms with Crippen LogP contribution in [0.25, 0.3) is 0 Å². The van der Waals surface area contributed by atoms with Crippen molar-refractivity contribution in [3.63, 3.8) is 0 Å². The van der Waals surface area contributed by atoms with E-state index in [-0.39, 0.29) is 0 Å². The second kappa shape index (κ2) is 5.18. The number of ether oxygens (including phenoxy) is 1. The summed E-state index contributed by atoms with van der Waals surface area (Å²) in [4.78, 5) is 4.08. The van der Waals surface area contributed by atoms with Crippen molar-refractivity contribution in [2.45, 2.75) is 13.5 Å². The zero-order valence-corrected chi connectivity index (χ0v) is 7.58. The molecule has 0 saturated carbocycles. The lowest BCUT2D eigenvalue weighted by molar-refractivity contribution is 0.368. The quantitative estimate of drug-likeness (QED) is 0.697. The molecule has 1 heterocycles. The summed E-state index contributed by atoms with van der Waals surface area (Å²) >= 11 is 0. The van der Waals surface area contributed by atoms with Crippen molar-refractivity contribution in [2.75, 3.05) is 6.61 Å². The Hall–Kier alpha value is -1.53. The van der Waals surface area contributed by atoms with Gasteiger partial charge in [-0.3, -0.25) is 4.98 Å². The third-order valence-corrected chi connectivity index (χ3v) is 1.49. The zero-order valence-electron chi connectivity index (χ0n) is 7.58. The molecule has 68 valence electrons. The number of rotatable bonds is 3. The predicted octanol–water partition coefficient (Wildman–Crippen LogP) is 0.942. The van der Waals surface area contributed by atoms with E-state index in [1.165, 1.54) is 0 Å².